The topological polar surface area (TPSA) is 87.7 Å². The molecule has 8 heteroatoms. The molecule has 25 heavy (non-hydrogen) atoms. The molecule has 0 bridgehead atoms. The lowest BCUT2D eigenvalue weighted by Crippen LogP contribution is -2.39. The molecule has 1 aromatic rings. The van der Waals surface area contributed by atoms with Crippen LogP contribution in [0.15, 0.2) is 30.9 Å². The second-order valence-electron chi connectivity index (χ2n) is 6.16. The summed E-state index contributed by atoms with van der Waals surface area (Å²) in [6, 6.07) is 5.33. The van der Waals surface area contributed by atoms with Crippen molar-refractivity contribution in [2.45, 2.75) is 18.9 Å². The van der Waals surface area contributed by atoms with Crippen LogP contribution in [0.2, 0.25) is 0 Å². The molecule has 2 heterocycles. The van der Waals surface area contributed by atoms with Crippen molar-refractivity contribution in [1.82, 2.24) is 5.32 Å². The van der Waals surface area contributed by atoms with Gasteiger partial charge in [0, 0.05) is 25.3 Å². The number of nitrogens with one attached hydrogen (secondary N) is 2. The lowest BCUT2D eigenvalue weighted by molar-refractivity contribution is -0.116. The van der Waals surface area contributed by atoms with Crippen molar-refractivity contribution in [3.8, 4) is 0 Å². The van der Waals surface area contributed by atoms with Crippen molar-refractivity contribution in [3.63, 3.8) is 0 Å². The van der Waals surface area contributed by atoms with E-state index < -0.39 is 15.9 Å². The fraction of sp³-hybridized carbons (Fsp3) is 0.471. The van der Waals surface area contributed by atoms with Crippen LogP contribution in [0.4, 0.5) is 11.4 Å². The summed E-state index contributed by atoms with van der Waals surface area (Å²) >= 11 is 0. The predicted octanol–water partition coefficient (Wildman–Crippen LogP) is 0.882. The van der Waals surface area contributed by atoms with Crippen molar-refractivity contribution >= 4 is 27.3 Å². The number of hydrogen-bond acceptors (Lipinski definition) is 6. The third-order valence-electron chi connectivity index (χ3n) is 4.27. The van der Waals surface area contributed by atoms with Gasteiger partial charge in [0.2, 0.25) is 15.9 Å². The zero-order valence-corrected chi connectivity index (χ0v) is 14.8. The number of nitrogens with zero attached hydrogens (tertiary/aromatic N) is 1. The van der Waals surface area contributed by atoms with Crippen molar-refractivity contribution in [3.05, 3.63) is 36.4 Å². The summed E-state index contributed by atoms with van der Waals surface area (Å²) in [5.41, 5.74) is 2.04. The minimum Gasteiger partial charge on any atom is -0.385 e. The van der Waals surface area contributed by atoms with Gasteiger partial charge in [-0.3, -0.25) is 4.79 Å². The summed E-state index contributed by atoms with van der Waals surface area (Å²) in [7, 11) is -3.70. The van der Waals surface area contributed by atoms with Crippen LogP contribution in [0.25, 0.3) is 0 Å². The molecular weight excluding hydrogens is 342 g/mol. The first-order valence-corrected chi connectivity index (χ1v) is 9.98. The first-order chi connectivity index (χ1) is 12.0. The Hall–Kier alpha value is -1.90. The van der Waals surface area contributed by atoms with Crippen LogP contribution < -0.4 is 14.9 Å². The maximum atomic E-state index is 12.2. The molecule has 1 amide bonds. The average Bonchev–Trinajstić information content (AvgIpc) is 2.91. The Morgan fingerprint density at radius 3 is 3.00 bits per heavy atom. The van der Waals surface area contributed by atoms with E-state index in [0.717, 1.165) is 48.2 Å². The average molecular weight is 365 g/mol. The van der Waals surface area contributed by atoms with E-state index in [0.29, 0.717) is 5.69 Å². The Labute approximate surface area is 148 Å². The third kappa shape index (κ3) is 4.02. The molecule has 1 aromatic carbocycles. The zero-order chi connectivity index (χ0) is 17.9. The van der Waals surface area contributed by atoms with Gasteiger partial charge in [-0.25, -0.2) is 12.7 Å². The van der Waals surface area contributed by atoms with Crippen LogP contribution in [-0.4, -0.2) is 52.4 Å². The predicted molar refractivity (Wildman–Crippen MR) is 97.3 cm³/mol. The number of anilines is 2. The lowest BCUT2D eigenvalue weighted by atomic mass is 10.1. The molecule has 0 saturated carbocycles. The summed E-state index contributed by atoms with van der Waals surface area (Å²) in [6.45, 7) is 6.68. The van der Waals surface area contributed by atoms with Gasteiger partial charge in [0.1, 0.15) is 0 Å². The standard InChI is InChI=1S/C17H23N3O4S/c1-2-9-25(22,23)20-16-4-3-14(10-13(16)11-17(20)21)19-6-5-15-12-18-7-8-24-15/h2-4,10,15,18-19H,1,5-9,11-12H2. The van der Waals surface area contributed by atoms with Gasteiger partial charge < -0.3 is 15.4 Å². The lowest BCUT2D eigenvalue weighted by Gasteiger charge is -2.23. The summed E-state index contributed by atoms with van der Waals surface area (Å²) in [6.07, 6.45) is 2.47. The normalized spacial score (nSPS) is 20.4. The molecule has 2 N–H and O–H groups in total. The first-order valence-electron chi connectivity index (χ1n) is 8.37. The summed E-state index contributed by atoms with van der Waals surface area (Å²) in [4.78, 5) is 12.2. The van der Waals surface area contributed by atoms with Gasteiger partial charge in [-0.05, 0) is 30.2 Å². The van der Waals surface area contributed by atoms with Crippen molar-refractivity contribution in [2.75, 3.05) is 41.6 Å². The highest BCUT2D eigenvalue weighted by molar-refractivity contribution is 7.93. The van der Waals surface area contributed by atoms with Crippen molar-refractivity contribution in [1.29, 1.82) is 0 Å². The van der Waals surface area contributed by atoms with Gasteiger partial charge in [0.05, 0.1) is 30.6 Å². The SMILES string of the molecule is C=CCS(=O)(=O)N1C(=O)Cc2cc(NCCC3CNCCO3)ccc21. The number of morpholine rings is 1. The Morgan fingerprint density at radius 1 is 1.44 bits per heavy atom. The molecule has 1 unspecified atom stereocenters. The molecule has 0 spiro atoms. The van der Waals surface area contributed by atoms with Crippen LogP contribution >= 0.6 is 0 Å². The van der Waals surface area contributed by atoms with Crippen molar-refractivity contribution < 1.29 is 17.9 Å². The van der Waals surface area contributed by atoms with Crippen LogP contribution in [0.3, 0.4) is 0 Å². The second-order valence-corrected chi connectivity index (χ2v) is 8.02. The van der Waals surface area contributed by atoms with Gasteiger partial charge in [-0.2, -0.15) is 0 Å². The van der Waals surface area contributed by atoms with Gasteiger partial charge in [-0.15, -0.1) is 6.58 Å². The number of carbonyl (C=O) groups is 1. The Kier molecular flexibility index (Phi) is 5.41. The number of fused-ring (bicyclic) bond motifs is 1. The fourth-order valence-corrected chi connectivity index (χ4v) is 4.41. The number of ether oxygens (including phenoxy) is 1. The Morgan fingerprint density at radius 2 is 2.28 bits per heavy atom. The van der Waals surface area contributed by atoms with E-state index in [1.165, 1.54) is 6.08 Å². The van der Waals surface area contributed by atoms with Gasteiger partial charge in [-0.1, -0.05) is 6.08 Å². The maximum absolute atomic E-state index is 12.2. The largest absolute Gasteiger partial charge is 0.385 e. The molecule has 1 fully saturated rings. The van der Waals surface area contributed by atoms with Crippen LogP contribution in [0.1, 0.15) is 12.0 Å². The molecule has 2 aliphatic heterocycles. The first kappa shape index (κ1) is 17.9. The molecule has 1 atom stereocenters. The number of benzene rings is 1. The third-order valence-corrected chi connectivity index (χ3v) is 5.89. The smallest absolute Gasteiger partial charge is 0.245 e. The van der Waals surface area contributed by atoms with Gasteiger partial charge >= 0.3 is 0 Å². The van der Waals surface area contributed by atoms with Gasteiger partial charge in [0.25, 0.3) is 0 Å². The van der Waals surface area contributed by atoms with Crippen LogP contribution in [-0.2, 0) is 26.0 Å². The van der Waals surface area contributed by atoms with Crippen LogP contribution in [0, 0.1) is 0 Å². The summed E-state index contributed by atoms with van der Waals surface area (Å²) < 4.78 is 31.0. The maximum Gasteiger partial charge on any atom is 0.245 e. The van der Waals surface area contributed by atoms with Crippen molar-refractivity contribution in [2.24, 2.45) is 0 Å². The molecule has 0 aliphatic carbocycles. The quantitative estimate of drug-likeness (QED) is 0.698. The molecule has 3 rings (SSSR count). The fourth-order valence-electron chi connectivity index (χ4n) is 3.12. The Bertz CT molecular complexity index is 757. The molecule has 2 aliphatic rings. The molecule has 0 aromatic heterocycles. The van der Waals surface area contributed by atoms with E-state index in [9.17, 15) is 13.2 Å². The molecule has 1 saturated heterocycles. The summed E-state index contributed by atoms with van der Waals surface area (Å²) in [5.74, 6) is -0.677. The van der Waals surface area contributed by atoms with E-state index in [4.69, 9.17) is 4.74 Å². The summed E-state index contributed by atoms with van der Waals surface area (Å²) in [5, 5.41) is 6.60. The Balaban J connectivity index is 1.65. The second kappa shape index (κ2) is 7.55. The number of amides is 1. The monoisotopic (exact) mass is 365 g/mol. The van der Waals surface area contributed by atoms with E-state index in [1.807, 2.05) is 6.07 Å². The van der Waals surface area contributed by atoms with E-state index >= 15 is 0 Å². The minimum absolute atomic E-state index is 0.0941. The number of carbonyl (C=O) groups excluding carboxylic acids is 1. The number of hydrogen-bond donors (Lipinski definition) is 2. The highest BCUT2D eigenvalue weighted by Gasteiger charge is 2.35. The highest BCUT2D eigenvalue weighted by Crippen LogP contribution is 2.33. The van der Waals surface area contributed by atoms with Crippen LogP contribution in [0.5, 0.6) is 0 Å². The number of sulfonamides is 1. The highest BCUT2D eigenvalue weighted by atomic mass is 32.2. The molecule has 7 nitrogen and oxygen atoms in total. The van der Waals surface area contributed by atoms with E-state index in [1.54, 1.807) is 12.1 Å². The van der Waals surface area contributed by atoms with E-state index in [2.05, 4.69) is 17.2 Å². The van der Waals surface area contributed by atoms with E-state index in [-0.39, 0.29) is 18.3 Å². The zero-order valence-electron chi connectivity index (χ0n) is 14.0. The number of rotatable bonds is 7. The molecule has 0 radical (unpaired) electrons. The molecular formula is C17H23N3O4S. The molecule has 136 valence electrons. The minimum atomic E-state index is -3.70. The van der Waals surface area contributed by atoms with Gasteiger partial charge in [0.15, 0.2) is 0 Å².